The van der Waals surface area contributed by atoms with Gasteiger partial charge in [0.05, 0.1) is 0 Å². The molecule has 2 aliphatic rings. The number of aromatic nitrogens is 2. The molecule has 0 saturated heterocycles. The first-order valence-electron chi connectivity index (χ1n) is 7.11. The van der Waals surface area contributed by atoms with Gasteiger partial charge < -0.3 is 10.6 Å². The van der Waals surface area contributed by atoms with Gasteiger partial charge in [0.25, 0.3) is 0 Å². The lowest BCUT2D eigenvalue weighted by Crippen LogP contribution is -2.40. The zero-order valence-electron chi connectivity index (χ0n) is 11.3. The minimum atomic E-state index is 0.409. The molecule has 4 nitrogen and oxygen atoms in total. The summed E-state index contributed by atoms with van der Waals surface area (Å²) in [7, 11) is 2.12. The number of benzene rings is 1. The van der Waals surface area contributed by atoms with Crippen molar-refractivity contribution >= 4 is 18.8 Å². The zero-order chi connectivity index (χ0) is 13.4. The molecule has 0 atom stereocenters. The van der Waals surface area contributed by atoms with Gasteiger partial charge >= 0.3 is 0 Å². The highest BCUT2D eigenvalue weighted by Crippen LogP contribution is 2.23. The fraction of sp³-hybridized carbons (Fsp3) is 0.333. The van der Waals surface area contributed by atoms with Crippen molar-refractivity contribution < 1.29 is 0 Å². The lowest BCUT2D eigenvalue weighted by atomic mass is 9.70. The summed E-state index contributed by atoms with van der Waals surface area (Å²) < 4.78 is 0. The largest absolute Gasteiger partial charge is 0.351 e. The molecule has 0 spiro atoms. The molecular formula is C15H16BN4. The minimum Gasteiger partial charge on any atom is -0.351 e. The molecule has 5 heteroatoms. The van der Waals surface area contributed by atoms with Crippen LogP contribution in [0.1, 0.15) is 16.7 Å². The fourth-order valence-corrected chi connectivity index (χ4v) is 3.02. The first-order chi connectivity index (χ1) is 9.88. The topological polar surface area (TPSA) is 49.8 Å². The Morgan fingerprint density at radius 2 is 1.95 bits per heavy atom. The number of anilines is 1. The van der Waals surface area contributed by atoms with Crippen molar-refractivity contribution in [2.24, 2.45) is 0 Å². The predicted octanol–water partition coefficient (Wildman–Crippen LogP) is 0.446. The van der Waals surface area contributed by atoms with Crippen LogP contribution in [0.2, 0.25) is 0 Å². The maximum Gasteiger partial charge on any atom is 0.222 e. The van der Waals surface area contributed by atoms with Gasteiger partial charge in [0.2, 0.25) is 5.95 Å². The quantitative estimate of drug-likeness (QED) is 0.772. The summed E-state index contributed by atoms with van der Waals surface area (Å²) >= 11 is 0. The third kappa shape index (κ3) is 2.18. The first kappa shape index (κ1) is 11.9. The third-order valence-corrected chi connectivity index (χ3v) is 4.04. The van der Waals surface area contributed by atoms with Gasteiger partial charge in [-0.05, 0) is 36.0 Å². The van der Waals surface area contributed by atoms with Crippen LogP contribution in [-0.2, 0) is 19.4 Å². The summed E-state index contributed by atoms with van der Waals surface area (Å²) in [5, 5.41) is 6.76. The second-order valence-electron chi connectivity index (χ2n) is 5.46. The third-order valence-electron chi connectivity index (χ3n) is 4.04. The lowest BCUT2D eigenvalue weighted by Gasteiger charge is -2.17. The molecule has 1 radical (unpaired) electrons. The average molecular weight is 263 g/mol. The number of nitrogens with zero attached hydrogens (tertiary/aromatic N) is 2. The summed E-state index contributed by atoms with van der Waals surface area (Å²) in [6, 6.07) is 9.05. The van der Waals surface area contributed by atoms with E-state index in [1.54, 1.807) is 0 Å². The van der Waals surface area contributed by atoms with E-state index in [0.717, 1.165) is 37.4 Å². The fourth-order valence-electron chi connectivity index (χ4n) is 3.02. The Kier molecular flexibility index (Phi) is 2.92. The molecule has 1 aliphatic carbocycles. The second-order valence-corrected chi connectivity index (χ2v) is 5.46. The molecule has 1 aromatic carbocycles. The molecule has 99 valence electrons. The van der Waals surface area contributed by atoms with Crippen molar-refractivity contribution in [2.75, 3.05) is 11.8 Å². The molecule has 1 aliphatic heterocycles. The second kappa shape index (κ2) is 4.91. The van der Waals surface area contributed by atoms with Gasteiger partial charge in [-0.15, -0.1) is 0 Å². The normalized spacial score (nSPS) is 17.2. The molecule has 2 N–H and O–H groups in total. The summed E-state index contributed by atoms with van der Waals surface area (Å²) in [5.74, 6) is 0.750. The highest BCUT2D eigenvalue weighted by molar-refractivity contribution is 6.53. The van der Waals surface area contributed by atoms with Crippen molar-refractivity contribution in [3.8, 4) is 0 Å². The van der Waals surface area contributed by atoms with Crippen LogP contribution in [0.4, 0.5) is 5.95 Å². The Morgan fingerprint density at radius 1 is 1.15 bits per heavy atom. The number of hydrogen-bond acceptors (Lipinski definition) is 4. The predicted molar refractivity (Wildman–Crippen MR) is 80.4 cm³/mol. The minimum absolute atomic E-state index is 0.409. The van der Waals surface area contributed by atoms with Crippen LogP contribution in [0.25, 0.3) is 0 Å². The van der Waals surface area contributed by atoms with Gasteiger partial charge in [0.1, 0.15) is 0 Å². The van der Waals surface area contributed by atoms with E-state index in [2.05, 4.69) is 52.1 Å². The molecule has 2 aromatic rings. The Labute approximate surface area is 119 Å². The Balaban J connectivity index is 1.50. The van der Waals surface area contributed by atoms with E-state index in [-0.39, 0.29) is 0 Å². The van der Waals surface area contributed by atoms with Crippen LogP contribution in [0, 0.1) is 0 Å². The number of rotatable bonds is 2. The standard InChI is InChI=1S/C15H16BN4/c1-2-4-11-6-13(5-10(11)3-1)19-15-18-8-12-7-17-9-16-14(12)20-15/h1-4,8,13,17H,5-7,9H2,(H,18,19,20). The molecule has 0 bridgehead atoms. The molecule has 0 amide bonds. The SMILES string of the molecule is [B]1CNCc2cnc(NC3Cc4ccccc4C3)nc21. The molecule has 0 unspecified atom stereocenters. The van der Waals surface area contributed by atoms with E-state index in [0.29, 0.717) is 6.04 Å². The van der Waals surface area contributed by atoms with Crippen molar-refractivity contribution in [1.82, 2.24) is 15.3 Å². The van der Waals surface area contributed by atoms with Gasteiger partial charge in [0, 0.05) is 24.4 Å². The highest BCUT2D eigenvalue weighted by atomic mass is 15.1. The number of nitrogens with one attached hydrogen (secondary N) is 2. The van der Waals surface area contributed by atoms with Crippen LogP contribution in [0.15, 0.2) is 30.5 Å². The lowest BCUT2D eigenvalue weighted by molar-refractivity contribution is 0.751. The maximum atomic E-state index is 4.62. The van der Waals surface area contributed by atoms with Crippen LogP contribution in [-0.4, -0.2) is 29.7 Å². The molecule has 20 heavy (non-hydrogen) atoms. The van der Waals surface area contributed by atoms with Crippen molar-refractivity contribution in [3.63, 3.8) is 0 Å². The Morgan fingerprint density at radius 3 is 2.75 bits per heavy atom. The van der Waals surface area contributed by atoms with Gasteiger partial charge in [-0.3, -0.25) is 0 Å². The Bertz CT molecular complexity index is 619. The summed E-state index contributed by atoms with van der Waals surface area (Å²) in [5.41, 5.74) is 5.13. The molecule has 4 rings (SSSR count). The summed E-state index contributed by atoms with van der Waals surface area (Å²) in [6.45, 7) is 0.862. The van der Waals surface area contributed by atoms with Gasteiger partial charge in [-0.25, -0.2) is 9.97 Å². The van der Waals surface area contributed by atoms with E-state index in [1.807, 2.05) is 6.20 Å². The first-order valence-corrected chi connectivity index (χ1v) is 7.11. The van der Waals surface area contributed by atoms with E-state index in [9.17, 15) is 0 Å². The smallest absolute Gasteiger partial charge is 0.222 e. The molecule has 0 saturated carbocycles. The van der Waals surface area contributed by atoms with Gasteiger partial charge in [0.15, 0.2) is 7.28 Å². The van der Waals surface area contributed by atoms with Crippen molar-refractivity contribution in [3.05, 3.63) is 47.2 Å². The zero-order valence-corrected chi connectivity index (χ0v) is 11.3. The maximum absolute atomic E-state index is 4.62. The van der Waals surface area contributed by atoms with Crippen LogP contribution < -0.4 is 16.2 Å². The van der Waals surface area contributed by atoms with E-state index in [4.69, 9.17) is 0 Å². The molecule has 2 heterocycles. The molecule has 0 fully saturated rings. The van der Waals surface area contributed by atoms with E-state index < -0.39 is 0 Å². The van der Waals surface area contributed by atoms with Gasteiger partial charge in [-0.2, -0.15) is 0 Å². The Hall–Kier alpha value is -1.88. The van der Waals surface area contributed by atoms with Crippen LogP contribution in [0.3, 0.4) is 0 Å². The van der Waals surface area contributed by atoms with Crippen LogP contribution in [0.5, 0.6) is 0 Å². The van der Waals surface area contributed by atoms with E-state index >= 15 is 0 Å². The monoisotopic (exact) mass is 263 g/mol. The van der Waals surface area contributed by atoms with Crippen molar-refractivity contribution in [2.45, 2.75) is 25.4 Å². The molecular weight excluding hydrogens is 247 g/mol. The average Bonchev–Trinajstić information content (AvgIpc) is 2.89. The van der Waals surface area contributed by atoms with Crippen LogP contribution >= 0.6 is 0 Å². The number of hydrogen-bond donors (Lipinski definition) is 2. The van der Waals surface area contributed by atoms with Crippen molar-refractivity contribution in [1.29, 1.82) is 0 Å². The summed E-state index contributed by atoms with van der Waals surface area (Å²) in [4.78, 5) is 9.06. The van der Waals surface area contributed by atoms with Gasteiger partial charge in [-0.1, -0.05) is 24.3 Å². The summed E-state index contributed by atoms with van der Waals surface area (Å²) in [6.07, 6.45) is 4.93. The highest BCUT2D eigenvalue weighted by Gasteiger charge is 2.22. The van der Waals surface area contributed by atoms with E-state index in [1.165, 1.54) is 16.7 Å². The number of fused-ring (bicyclic) bond motifs is 2. The molecule has 1 aromatic heterocycles.